The molecule has 2 saturated heterocycles. The Labute approximate surface area is 193 Å². The van der Waals surface area contributed by atoms with E-state index in [1.807, 2.05) is 23.2 Å². The molecule has 2 aliphatic rings. The Balaban J connectivity index is 1.43. The van der Waals surface area contributed by atoms with E-state index in [1.165, 1.54) is 6.07 Å². The fourth-order valence-electron chi connectivity index (χ4n) is 4.56. The minimum atomic E-state index is -0.220. The van der Waals surface area contributed by atoms with Crippen LogP contribution in [0, 0.1) is 15.3 Å². The third-order valence-electron chi connectivity index (χ3n) is 6.17. The average Bonchev–Trinajstić information content (AvgIpc) is 3.49. The molecule has 4 heterocycles. The first-order chi connectivity index (χ1) is 15.0. The number of urea groups is 1. The fraction of sp³-hybridized carbons (Fsp3) is 0.409. The highest BCUT2D eigenvalue weighted by Gasteiger charge is 2.30. The maximum atomic E-state index is 13.9. The summed E-state index contributed by atoms with van der Waals surface area (Å²) in [6.45, 7) is 4.54. The summed E-state index contributed by atoms with van der Waals surface area (Å²) in [7, 11) is 0. The van der Waals surface area contributed by atoms with Crippen LogP contribution in [0.2, 0.25) is 0 Å². The molecular weight excluding hydrogens is 510 g/mol. The van der Waals surface area contributed by atoms with Crippen LogP contribution in [-0.4, -0.2) is 45.2 Å². The number of nitrogens with zero attached hydrogens (tertiary/aromatic N) is 5. The lowest BCUT2D eigenvalue weighted by Crippen LogP contribution is -2.32. The molecule has 2 fully saturated rings. The van der Waals surface area contributed by atoms with E-state index in [0.29, 0.717) is 17.3 Å². The summed E-state index contributed by atoms with van der Waals surface area (Å²) in [5.41, 5.74) is 2.20. The zero-order valence-electron chi connectivity index (χ0n) is 17.3. The molecule has 2 aromatic heterocycles. The number of carbonyl (C=O) groups excluding carboxylic acids is 1. The summed E-state index contributed by atoms with van der Waals surface area (Å²) in [4.78, 5) is 21.5. The van der Waals surface area contributed by atoms with Crippen LogP contribution in [0.3, 0.4) is 0 Å². The van der Waals surface area contributed by atoms with Crippen molar-refractivity contribution in [3.8, 4) is 0 Å². The zero-order valence-corrected chi connectivity index (χ0v) is 19.4. The molecule has 0 bridgehead atoms. The van der Waals surface area contributed by atoms with Gasteiger partial charge in [-0.3, -0.25) is 0 Å². The van der Waals surface area contributed by atoms with Crippen molar-refractivity contribution in [2.75, 3.05) is 29.9 Å². The number of hydrogen-bond acceptors (Lipinski definition) is 4. The second-order valence-corrected chi connectivity index (χ2v) is 9.56. The highest BCUT2D eigenvalue weighted by Crippen LogP contribution is 2.37. The number of rotatable bonds is 3. The van der Waals surface area contributed by atoms with Crippen molar-refractivity contribution in [2.45, 2.75) is 32.2 Å². The third kappa shape index (κ3) is 3.95. The molecule has 31 heavy (non-hydrogen) atoms. The molecule has 0 spiro atoms. The van der Waals surface area contributed by atoms with Gasteiger partial charge < -0.3 is 15.1 Å². The van der Waals surface area contributed by atoms with Crippen molar-refractivity contribution in [1.82, 2.24) is 19.5 Å². The molecule has 2 aliphatic heterocycles. The van der Waals surface area contributed by atoms with Crippen LogP contribution in [0.25, 0.3) is 5.65 Å². The number of benzene rings is 1. The van der Waals surface area contributed by atoms with E-state index in [-0.39, 0.29) is 17.9 Å². The lowest BCUT2D eigenvalue weighted by Gasteiger charge is -2.27. The van der Waals surface area contributed by atoms with Gasteiger partial charge >= 0.3 is 6.03 Å². The van der Waals surface area contributed by atoms with Crippen LogP contribution in [0.4, 0.5) is 20.7 Å². The van der Waals surface area contributed by atoms with Gasteiger partial charge in [-0.1, -0.05) is 6.92 Å². The van der Waals surface area contributed by atoms with Crippen molar-refractivity contribution >= 4 is 45.8 Å². The lowest BCUT2D eigenvalue weighted by atomic mass is 10.0. The van der Waals surface area contributed by atoms with E-state index in [9.17, 15) is 9.18 Å². The normalized spacial score (nSPS) is 21.3. The SMILES string of the molecule is C[C@H]1CCN(C(=O)Nc2cnn3ccc(N4CCCC4c4cc(F)ccc4I)nc23)C1. The lowest BCUT2D eigenvalue weighted by molar-refractivity contribution is 0.221. The predicted molar refractivity (Wildman–Crippen MR) is 126 cm³/mol. The number of halogens is 2. The van der Waals surface area contributed by atoms with E-state index in [4.69, 9.17) is 4.98 Å². The van der Waals surface area contributed by atoms with Crippen LogP contribution in [0.5, 0.6) is 0 Å². The minimum Gasteiger partial charge on any atom is -0.349 e. The molecule has 2 atom stereocenters. The largest absolute Gasteiger partial charge is 0.349 e. The molecule has 7 nitrogen and oxygen atoms in total. The van der Waals surface area contributed by atoms with Crippen LogP contribution in [-0.2, 0) is 0 Å². The van der Waals surface area contributed by atoms with Crippen LogP contribution >= 0.6 is 22.6 Å². The molecule has 162 valence electrons. The average molecular weight is 534 g/mol. The summed E-state index contributed by atoms with van der Waals surface area (Å²) in [5.74, 6) is 1.11. The van der Waals surface area contributed by atoms with Gasteiger partial charge in [0.2, 0.25) is 0 Å². The van der Waals surface area contributed by atoms with Gasteiger partial charge in [-0.25, -0.2) is 18.7 Å². The second kappa shape index (κ2) is 8.25. The first-order valence-corrected chi connectivity index (χ1v) is 11.7. The van der Waals surface area contributed by atoms with E-state index in [2.05, 4.69) is 44.8 Å². The van der Waals surface area contributed by atoms with Gasteiger partial charge in [0.15, 0.2) is 5.65 Å². The highest BCUT2D eigenvalue weighted by molar-refractivity contribution is 14.1. The molecule has 2 amide bonds. The number of likely N-dealkylation sites (tertiary alicyclic amines) is 1. The van der Waals surface area contributed by atoms with Crippen LogP contribution in [0.15, 0.2) is 36.7 Å². The maximum Gasteiger partial charge on any atom is 0.321 e. The van der Waals surface area contributed by atoms with Gasteiger partial charge in [0, 0.05) is 29.4 Å². The van der Waals surface area contributed by atoms with E-state index < -0.39 is 0 Å². The first kappa shape index (κ1) is 20.5. The van der Waals surface area contributed by atoms with Crippen LogP contribution in [0.1, 0.15) is 37.8 Å². The number of hydrogen-bond donors (Lipinski definition) is 1. The minimum absolute atomic E-state index is 0.0737. The zero-order chi connectivity index (χ0) is 21.5. The Kier molecular flexibility index (Phi) is 5.45. The molecule has 0 aliphatic carbocycles. The molecule has 0 radical (unpaired) electrons. The smallest absolute Gasteiger partial charge is 0.321 e. The predicted octanol–water partition coefficient (Wildman–Crippen LogP) is 4.69. The van der Waals surface area contributed by atoms with Crippen molar-refractivity contribution < 1.29 is 9.18 Å². The number of aromatic nitrogens is 3. The summed E-state index contributed by atoms with van der Waals surface area (Å²) >= 11 is 2.27. The van der Waals surface area contributed by atoms with Gasteiger partial charge in [-0.2, -0.15) is 5.10 Å². The summed E-state index contributed by atoms with van der Waals surface area (Å²) in [6, 6.07) is 6.84. The maximum absolute atomic E-state index is 13.9. The first-order valence-electron chi connectivity index (χ1n) is 10.6. The molecule has 3 aromatic rings. The van der Waals surface area contributed by atoms with E-state index in [1.54, 1.807) is 16.8 Å². The van der Waals surface area contributed by atoms with Crippen molar-refractivity contribution in [1.29, 1.82) is 0 Å². The number of nitrogens with one attached hydrogen (secondary N) is 1. The van der Waals surface area contributed by atoms with Crippen molar-refractivity contribution in [3.63, 3.8) is 0 Å². The molecule has 0 saturated carbocycles. The third-order valence-corrected chi connectivity index (χ3v) is 7.15. The Hall–Kier alpha value is -2.43. The Morgan fingerprint density at radius 3 is 2.94 bits per heavy atom. The van der Waals surface area contributed by atoms with E-state index >= 15 is 0 Å². The van der Waals surface area contributed by atoms with Gasteiger partial charge in [-0.15, -0.1) is 0 Å². The van der Waals surface area contributed by atoms with Gasteiger partial charge in [-0.05, 0) is 77.6 Å². The number of amides is 2. The van der Waals surface area contributed by atoms with Crippen LogP contribution < -0.4 is 10.2 Å². The van der Waals surface area contributed by atoms with Gasteiger partial charge in [0.05, 0.1) is 12.2 Å². The standard InChI is InChI=1S/C22H24FIN6O/c1-14-6-9-28(13-14)22(31)26-18-12-25-30-10-7-20(27-21(18)30)29-8-2-3-19(29)16-11-15(23)4-5-17(16)24/h4-5,7,10-12,14,19H,2-3,6,8-9,13H2,1H3,(H,26,31)/t14-,19?/m0/s1. The monoisotopic (exact) mass is 534 g/mol. The Morgan fingerprint density at radius 1 is 1.26 bits per heavy atom. The molecule has 1 aromatic carbocycles. The van der Waals surface area contributed by atoms with E-state index in [0.717, 1.165) is 53.8 Å². The Morgan fingerprint density at radius 2 is 2.13 bits per heavy atom. The quantitative estimate of drug-likeness (QED) is 0.496. The second-order valence-electron chi connectivity index (χ2n) is 8.40. The topological polar surface area (TPSA) is 65.8 Å². The van der Waals surface area contributed by atoms with Gasteiger partial charge in [0.25, 0.3) is 0 Å². The molecule has 1 N–H and O–H groups in total. The summed E-state index contributed by atoms with van der Waals surface area (Å²) in [6.07, 6.45) is 6.49. The molecular formula is C22H24FIN6O. The molecule has 9 heteroatoms. The van der Waals surface area contributed by atoms with Gasteiger partial charge in [0.1, 0.15) is 17.3 Å². The molecule has 1 unspecified atom stereocenters. The number of anilines is 2. The Bertz CT molecular complexity index is 1130. The van der Waals surface area contributed by atoms with Crippen molar-refractivity contribution in [3.05, 3.63) is 51.6 Å². The number of fused-ring (bicyclic) bond motifs is 1. The van der Waals surface area contributed by atoms with Crippen molar-refractivity contribution in [2.24, 2.45) is 5.92 Å². The molecule has 5 rings (SSSR count). The highest BCUT2D eigenvalue weighted by atomic mass is 127. The fourth-order valence-corrected chi connectivity index (χ4v) is 5.25. The summed E-state index contributed by atoms with van der Waals surface area (Å²) in [5, 5.41) is 7.31. The summed E-state index contributed by atoms with van der Waals surface area (Å²) < 4.78 is 16.6. The number of carbonyl (C=O) groups is 1.